The van der Waals surface area contributed by atoms with Gasteiger partial charge in [-0.2, -0.15) is 0 Å². The molecule has 1 heterocycles. The highest BCUT2D eigenvalue weighted by Crippen LogP contribution is 2.29. The molecule has 0 aromatic carbocycles. The highest BCUT2D eigenvalue weighted by Gasteiger charge is 2.25. The molecule has 4 nitrogen and oxygen atoms in total. The Morgan fingerprint density at radius 2 is 2.10 bits per heavy atom. The molecule has 114 valence electrons. The van der Waals surface area contributed by atoms with Gasteiger partial charge in [-0.3, -0.25) is 0 Å². The SMILES string of the molecule is Cc1csc(CNC(C)C)c1S(=O)(=O)NCC1CCC1. The lowest BCUT2D eigenvalue weighted by Gasteiger charge is -2.25. The van der Waals surface area contributed by atoms with Crippen LogP contribution in [0.4, 0.5) is 0 Å². The van der Waals surface area contributed by atoms with E-state index in [2.05, 4.69) is 23.9 Å². The molecule has 0 radical (unpaired) electrons. The number of thiophene rings is 1. The van der Waals surface area contributed by atoms with E-state index in [9.17, 15) is 8.42 Å². The van der Waals surface area contributed by atoms with Crippen molar-refractivity contribution in [2.45, 2.75) is 57.5 Å². The van der Waals surface area contributed by atoms with Crippen LogP contribution >= 0.6 is 11.3 Å². The van der Waals surface area contributed by atoms with Crippen LogP contribution < -0.4 is 10.0 Å². The first-order chi connectivity index (χ1) is 9.40. The third kappa shape index (κ3) is 3.81. The smallest absolute Gasteiger partial charge is 0.241 e. The molecule has 6 heteroatoms. The van der Waals surface area contributed by atoms with Crippen molar-refractivity contribution in [2.75, 3.05) is 6.54 Å². The molecule has 2 rings (SSSR count). The van der Waals surface area contributed by atoms with Gasteiger partial charge in [-0.05, 0) is 36.6 Å². The van der Waals surface area contributed by atoms with Gasteiger partial charge in [-0.15, -0.1) is 11.3 Å². The summed E-state index contributed by atoms with van der Waals surface area (Å²) in [5, 5.41) is 5.22. The Labute approximate surface area is 126 Å². The minimum atomic E-state index is -3.38. The first-order valence-corrected chi connectivity index (χ1v) is 9.56. The summed E-state index contributed by atoms with van der Waals surface area (Å²) in [5.41, 5.74) is 0.844. The second-order valence-corrected chi connectivity index (χ2v) is 8.52. The van der Waals surface area contributed by atoms with Crippen LogP contribution in [0.1, 0.15) is 43.6 Å². The van der Waals surface area contributed by atoms with Gasteiger partial charge in [0.05, 0.1) is 0 Å². The molecule has 1 aliphatic rings. The number of aryl methyl sites for hydroxylation is 1. The van der Waals surface area contributed by atoms with Crippen molar-refractivity contribution >= 4 is 21.4 Å². The molecule has 2 N–H and O–H groups in total. The van der Waals surface area contributed by atoms with Gasteiger partial charge < -0.3 is 5.32 Å². The zero-order chi connectivity index (χ0) is 14.8. The van der Waals surface area contributed by atoms with E-state index in [1.54, 1.807) is 0 Å². The van der Waals surface area contributed by atoms with Gasteiger partial charge in [0.25, 0.3) is 0 Å². The van der Waals surface area contributed by atoms with Crippen molar-refractivity contribution in [3.8, 4) is 0 Å². The number of sulfonamides is 1. The lowest BCUT2D eigenvalue weighted by molar-refractivity contribution is 0.316. The van der Waals surface area contributed by atoms with E-state index in [0.29, 0.717) is 29.9 Å². The van der Waals surface area contributed by atoms with Crippen LogP contribution in [-0.4, -0.2) is 21.0 Å². The molecular formula is C14H24N2O2S2. The molecule has 1 aliphatic carbocycles. The Hall–Kier alpha value is -0.430. The molecule has 0 unspecified atom stereocenters. The minimum Gasteiger partial charge on any atom is -0.310 e. The fourth-order valence-electron chi connectivity index (χ4n) is 2.26. The molecule has 1 aromatic heterocycles. The molecule has 0 saturated heterocycles. The van der Waals surface area contributed by atoms with Crippen LogP contribution in [0.15, 0.2) is 10.3 Å². The van der Waals surface area contributed by atoms with Crippen LogP contribution in [0.3, 0.4) is 0 Å². The van der Waals surface area contributed by atoms with Crippen molar-refractivity contribution in [3.63, 3.8) is 0 Å². The Bertz CT molecular complexity index is 546. The van der Waals surface area contributed by atoms with E-state index in [4.69, 9.17) is 0 Å². The third-order valence-corrected chi connectivity index (χ3v) is 6.60. The first-order valence-electron chi connectivity index (χ1n) is 7.20. The lowest BCUT2D eigenvalue weighted by atomic mass is 9.86. The highest BCUT2D eigenvalue weighted by molar-refractivity contribution is 7.89. The van der Waals surface area contributed by atoms with Gasteiger partial charge >= 0.3 is 0 Å². The van der Waals surface area contributed by atoms with E-state index in [-0.39, 0.29) is 0 Å². The molecule has 0 spiro atoms. The number of hydrogen-bond acceptors (Lipinski definition) is 4. The fraction of sp³-hybridized carbons (Fsp3) is 0.714. The Morgan fingerprint density at radius 3 is 2.65 bits per heavy atom. The van der Waals surface area contributed by atoms with Gasteiger partial charge in [-0.1, -0.05) is 20.3 Å². The summed E-state index contributed by atoms with van der Waals surface area (Å²) < 4.78 is 27.8. The molecule has 0 bridgehead atoms. The Morgan fingerprint density at radius 1 is 1.40 bits per heavy atom. The van der Waals surface area contributed by atoms with Crippen LogP contribution in [0, 0.1) is 12.8 Å². The van der Waals surface area contributed by atoms with E-state index < -0.39 is 10.0 Å². The zero-order valence-corrected chi connectivity index (χ0v) is 14.0. The maximum absolute atomic E-state index is 12.5. The molecule has 1 fully saturated rings. The molecule has 0 atom stereocenters. The van der Waals surface area contributed by atoms with Gasteiger partial charge in [0.15, 0.2) is 0 Å². The van der Waals surface area contributed by atoms with Crippen LogP contribution in [-0.2, 0) is 16.6 Å². The van der Waals surface area contributed by atoms with Crippen molar-refractivity contribution in [1.82, 2.24) is 10.0 Å². The summed E-state index contributed by atoms with van der Waals surface area (Å²) in [6, 6.07) is 0.343. The molecule has 20 heavy (non-hydrogen) atoms. The average molecular weight is 316 g/mol. The van der Waals surface area contributed by atoms with E-state index in [1.807, 2.05) is 12.3 Å². The number of nitrogens with one attached hydrogen (secondary N) is 2. The molecule has 1 aromatic rings. The summed E-state index contributed by atoms with van der Waals surface area (Å²) in [7, 11) is -3.38. The summed E-state index contributed by atoms with van der Waals surface area (Å²) in [6.07, 6.45) is 3.52. The maximum Gasteiger partial charge on any atom is 0.241 e. The minimum absolute atomic E-state index is 0.343. The zero-order valence-electron chi connectivity index (χ0n) is 12.4. The van der Waals surface area contributed by atoms with Crippen LogP contribution in [0.2, 0.25) is 0 Å². The van der Waals surface area contributed by atoms with Gasteiger partial charge in [-0.25, -0.2) is 13.1 Å². The predicted molar refractivity (Wildman–Crippen MR) is 83.6 cm³/mol. The Balaban J connectivity index is 2.10. The number of rotatable bonds is 7. The summed E-state index contributed by atoms with van der Waals surface area (Å²) in [6.45, 7) is 7.17. The van der Waals surface area contributed by atoms with Crippen molar-refractivity contribution < 1.29 is 8.42 Å². The second-order valence-electron chi connectivity index (χ2n) is 5.86. The standard InChI is InChI=1S/C14H24N2O2S2/c1-10(2)15-8-13-14(11(3)9-19-13)20(17,18)16-7-12-5-4-6-12/h9-10,12,15-16H,4-8H2,1-3H3. The predicted octanol–water partition coefficient (Wildman–Crippen LogP) is 2.63. The quantitative estimate of drug-likeness (QED) is 0.813. The van der Waals surface area contributed by atoms with Crippen molar-refractivity contribution in [2.24, 2.45) is 5.92 Å². The molecule has 1 saturated carbocycles. The third-order valence-electron chi connectivity index (χ3n) is 3.72. The van der Waals surface area contributed by atoms with E-state index >= 15 is 0 Å². The van der Waals surface area contributed by atoms with Gasteiger partial charge in [0, 0.05) is 24.0 Å². The fourth-order valence-corrected chi connectivity index (χ4v) is 5.14. The average Bonchev–Trinajstić information content (AvgIpc) is 2.66. The molecular weight excluding hydrogens is 292 g/mol. The van der Waals surface area contributed by atoms with E-state index in [0.717, 1.165) is 23.3 Å². The normalized spacial score (nSPS) is 16.6. The summed E-state index contributed by atoms with van der Waals surface area (Å²) in [4.78, 5) is 1.38. The second kappa shape index (κ2) is 6.56. The monoisotopic (exact) mass is 316 g/mol. The highest BCUT2D eigenvalue weighted by atomic mass is 32.2. The van der Waals surface area contributed by atoms with Crippen LogP contribution in [0.5, 0.6) is 0 Å². The lowest BCUT2D eigenvalue weighted by Crippen LogP contribution is -2.33. The molecule has 0 amide bonds. The van der Waals surface area contributed by atoms with E-state index in [1.165, 1.54) is 17.8 Å². The first kappa shape index (κ1) is 15.9. The topological polar surface area (TPSA) is 58.2 Å². The van der Waals surface area contributed by atoms with Crippen LogP contribution in [0.25, 0.3) is 0 Å². The van der Waals surface area contributed by atoms with Crippen molar-refractivity contribution in [1.29, 1.82) is 0 Å². The molecule has 0 aliphatic heterocycles. The maximum atomic E-state index is 12.5. The largest absolute Gasteiger partial charge is 0.310 e. The Kier molecular flexibility index (Phi) is 5.23. The van der Waals surface area contributed by atoms with Gasteiger partial charge in [0.2, 0.25) is 10.0 Å². The number of hydrogen-bond donors (Lipinski definition) is 2. The summed E-state index contributed by atoms with van der Waals surface area (Å²) in [5.74, 6) is 0.529. The van der Waals surface area contributed by atoms with Crippen molar-refractivity contribution in [3.05, 3.63) is 15.8 Å². The summed E-state index contributed by atoms with van der Waals surface area (Å²) >= 11 is 1.52. The van der Waals surface area contributed by atoms with Gasteiger partial charge in [0.1, 0.15) is 4.90 Å².